The largest absolute Gasteiger partial charge is 0.396 e. The third kappa shape index (κ3) is 3.36. The molecule has 2 atom stereocenters. The predicted octanol–water partition coefficient (Wildman–Crippen LogP) is 1.56. The molecular weight excluding hydrogens is 196 g/mol. The molecule has 1 rings (SSSR count). The highest BCUT2D eigenvalue weighted by Crippen LogP contribution is 2.11. The van der Waals surface area contributed by atoms with Crippen LogP contribution < -0.4 is 5.32 Å². The Kier molecular flexibility index (Phi) is 4.51. The van der Waals surface area contributed by atoms with Crippen molar-refractivity contribution in [3.63, 3.8) is 0 Å². The van der Waals surface area contributed by atoms with Crippen molar-refractivity contribution in [2.45, 2.75) is 33.4 Å². The molecule has 1 heterocycles. The van der Waals surface area contributed by atoms with Crippen molar-refractivity contribution in [3.05, 3.63) is 16.1 Å². The highest BCUT2D eigenvalue weighted by Gasteiger charge is 2.10. The molecule has 0 aliphatic carbocycles. The fourth-order valence-corrected chi connectivity index (χ4v) is 1.85. The van der Waals surface area contributed by atoms with Crippen molar-refractivity contribution in [3.8, 4) is 0 Å². The van der Waals surface area contributed by atoms with Gasteiger partial charge in [0, 0.05) is 30.3 Å². The summed E-state index contributed by atoms with van der Waals surface area (Å²) in [6.07, 6.45) is 1.91. The molecule has 0 saturated carbocycles. The van der Waals surface area contributed by atoms with Gasteiger partial charge in [-0.1, -0.05) is 6.92 Å². The number of hydrogen-bond acceptors (Lipinski definition) is 4. The third-order valence-corrected chi connectivity index (χ3v) is 3.32. The maximum Gasteiger partial charge on any atom is 0.0897 e. The van der Waals surface area contributed by atoms with E-state index in [9.17, 15) is 0 Å². The molecular formula is C10H18N2OS. The quantitative estimate of drug-likeness (QED) is 0.782. The summed E-state index contributed by atoms with van der Waals surface area (Å²) >= 11 is 1.71. The molecule has 0 radical (unpaired) electrons. The van der Waals surface area contributed by atoms with Crippen LogP contribution in [-0.4, -0.2) is 22.7 Å². The van der Waals surface area contributed by atoms with Gasteiger partial charge < -0.3 is 10.4 Å². The average Bonchev–Trinajstić information content (AvgIpc) is 2.59. The second-order valence-corrected chi connectivity index (χ2v) is 4.99. The van der Waals surface area contributed by atoms with E-state index in [1.165, 1.54) is 4.88 Å². The number of aliphatic hydroxyl groups is 1. The van der Waals surface area contributed by atoms with E-state index in [4.69, 9.17) is 5.11 Å². The second kappa shape index (κ2) is 5.44. The van der Waals surface area contributed by atoms with Crippen LogP contribution in [0.15, 0.2) is 6.20 Å². The number of aliphatic hydroxyl groups excluding tert-OH is 1. The Labute approximate surface area is 89.2 Å². The molecule has 1 aromatic rings. The van der Waals surface area contributed by atoms with Gasteiger partial charge in [0.15, 0.2) is 0 Å². The molecule has 2 unspecified atom stereocenters. The van der Waals surface area contributed by atoms with E-state index in [1.807, 2.05) is 20.0 Å². The highest BCUT2D eigenvalue weighted by atomic mass is 32.1. The van der Waals surface area contributed by atoms with Crippen LogP contribution in [0.2, 0.25) is 0 Å². The summed E-state index contributed by atoms with van der Waals surface area (Å²) in [5.41, 5.74) is 0. The Bertz CT molecular complexity index is 275. The number of rotatable bonds is 5. The van der Waals surface area contributed by atoms with Crippen molar-refractivity contribution in [2.75, 3.05) is 6.61 Å². The van der Waals surface area contributed by atoms with Gasteiger partial charge in [0.25, 0.3) is 0 Å². The minimum atomic E-state index is 0.232. The molecule has 80 valence electrons. The lowest BCUT2D eigenvalue weighted by atomic mass is 10.1. The standard InChI is InChI=1S/C10H18N2OS/c1-7(6-13)8(2)11-4-10-5-12-9(3)14-10/h5,7-8,11,13H,4,6H2,1-3H3. The normalized spacial score (nSPS) is 15.4. The maximum absolute atomic E-state index is 8.96. The Balaban J connectivity index is 2.33. The van der Waals surface area contributed by atoms with Crippen molar-refractivity contribution in [1.29, 1.82) is 0 Å². The van der Waals surface area contributed by atoms with Gasteiger partial charge in [-0.15, -0.1) is 11.3 Å². The minimum Gasteiger partial charge on any atom is -0.396 e. The predicted molar refractivity (Wildman–Crippen MR) is 59.4 cm³/mol. The van der Waals surface area contributed by atoms with E-state index in [-0.39, 0.29) is 6.61 Å². The van der Waals surface area contributed by atoms with E-state index in [2.05, 4.69) is 17.2 Å². The first-order chi connectivity index (χ1) is 6.63. The first-order valence-corrected chi connectivity index (χ1v) is 5.70. The number of aryl methyl sites for hydroxylation is 1. The van der Waals surface area contributed by atoms with Gasteiger partial charge in [0.05, 0.1) is 5.01 Å². The Morgan fingerprint density at radius 1 is 1.57 bits per heavy atom. The zero-order chi connectivity index (χ0) is 10.6. The van der Waals surface area contributed by atoms with Gasteiger partial charge >= 0.3 is 0 Å². The number of hydrogen-bond donors (Lipinski definition) is 2. The van der Waals surface area contributed by atoms with Crippen molar-refractivity contribution < 1.29 is 5.11 Å². The van der Waals surface area contributed by atoms with Gasteiger partial charge in [-0.05, 0) is 19.8 Å². The summed E-state index contributed by atoms with van der Waals surface area (Å²) in [6, 6.07) is 0.336. The lowest BCUT2D eigenvalue weighted by Gasteiger charge is -2.18. The van der Waals surface area contributed by atoms with Gasteiger partial charge in [0.1, 0.15) is 0 Å². The molecule has 2 N–H and O–H groups in total. The fraction of sp³-hybridized carbons (Fsp3) is 0.700. The first-order valence-electron chi connectivity index (χ1n) is 4.89. The fourth-order valence-electron chi connectivity index (χ4n) is 1.11. The van der Waals surface area contributed by atoms with Gasteiger partial charge in [-0.2, -0.15) is 0 Å². The first kappa shape index (κ1) is 11.6. The summed E-state index contributed by atoms with van der Waals surface area (Å²) in [6.45, 7) is 7.21. The van der Waals surface area contributed by atoms with Crippen LogP contribution in [0.25, 0.3) is 0 Å². The summed E-state index contributed by atoms with van der Waals surface area (Å²) in [5, 5.41) is 13.4. The number of thiazole rings is 1. The molecule has 0 saturated heterocycles. The molecule has 0 aliphatic rings. The van der Waals surface area contributed by atoms with Gasteiger partial charge in [0.2, 0.25) is 0 Å². The number of nitrogens with zero attached hydrogens (tertiary/aromatic N) is 1. The molecule has 0 bridgehead atoms. The van der Waals surface area contributed by atoms with Crippen molar-refractivity contribution >= 4 is 11.3 Å². The monoisotopic (exact) mass is 214 g/mol. The molecule has 3 nitrogen and oxygen atoms in total. The maximum atomic E-state index is 8.96. The van der Waals surface area contributed by atoms with Crippen LogP contribution in [0.5, 0.6) is 0 Å². The molecule has 4 heteroatoms. The number of aromatic nitrogens is 1. The Hall–Kier alpha value is -0.450. The van der Waals surface area contributed by atoms with E-state index in [0.717, 1.165) is 11.6 Å². The van der Waals surface area contributed by atoms with Gasteiger partial charge in [-0.3, -0.25) is 0 Å². The second-order valence-electron chi connectivity index (χ2n) is 3.68. The van der Waals surface area contributed by atoms with E-state index in [0.29, 0.717) is 12.0 Å². The van der Waals surface area contributed by atoms with Crippen LogP contribution in [-0.2, 0) is 6.54 Å². The zero-order valence-electron chi connectivity index (χ0n) is 8.95. The SMILES string of the molecule is Cc1ncc(CNC(C)C(C)CO)s1. The molecule has 0 aliphatic heterocycles. The molecule has 0 amide bonds. The van der Waals surface area contributed by atoms with Crippen LogP contribution in [0.4, 0.5) is 0 Å². The van der Waals surface area contributed by atoms with E-state index < -0.39 is 0 Å². The smallest absolute Gasteiger partial charge is 0.0897 e. The average molecular weight is 214 g/mol. The lowest BCUT2D eigenvalue weighted by Crippen LogP contribution is -2.33. The molecule has 0 fully saturated rings. The van der Waals surface area contributed by atoms with Crippen molar-refractivity contribution in [2.24, 2.45) is 5.92 Å². The van der Waals surface area contributed by atoms with E-state index >= 15 is 0 Å². The highest BCUT2D eigenvalue weighted by molar-refractivity contribution is 7.11. The lowest BCUT2D eigenvalue weighted by molar-refractivity contribution is 0.207. The van der Waals surface area contributed by atoms with Crippen LogP contribution in [0.3, 0.4) is 0 Å². The molecule has 0 aromatic carbocycles. The molecule has 0 spiro atoms. The summed E-state index contributed by atoms with van der Waals surface area (Å²) in [4.78, 5) is 5.44. The molecule has 1 aromatic heterocycles. The summed E-state index contributed by atoms with van der Waals surface area (Å²) in [7, 11) is 0. The van der Waals surface area contributed by atoms with Crippen LogP contribution in [0, 0.1) is 12.8 Å². The summed E-state index contributed by atoms with van der Waals surface area (Å²) < 4.78 is 0. The van der Waals surface area contributed by atoms with Crippen LogP contribution >= 0.6 is 11.3 Å². The van der Waals surface area contributed by atoms with Crippen molar-refractivity contribution in [1.82, 2.24) is 10.3 Å². The Morgan fingerprint density at radius 2 is 2.29 bits per heavy atom. The minimum absolute atomic E-state index is 0.232. The topological polar surface area (TPSA) is 45.2 Å². The third-order valence-electron chi connectivity index (χ3n) is 2.41. The van der Waals surface area contributed by atoms with E-state index in [1.54, 1.807) is 11.3 Å². The molecule has 14 heavy (non-hydrogen) atoms. The Morgan fingerprint density at radius 3 is 2.79 bits per heavy atom. The number of nitrogens with one attached hydrogen (secondary N) is 1. The van der Waals surface area contributed by atoms with Gasteiger partial charge in [-0.25, -0.2) is 4.98 Å². The van der Waals surface area contributed by atoms with Crippen LogP contribution in [0.1, 0.15) is 23.7 Å². The summed E-state index contributed by atoms with van der Waals surface area (Å²) in [5.74, 6) is 0.295. The zero-order valence-corrected chi connectivity index (χ0v) is 9.77.